The van der Waals surface area contributed by atoms with Crippen molar-refractivity contribution in [3.8, 4) is 11.4 Å². The Morgan fingerprint density at radius 1 is 1.21 bits per heavy atom. The molecular formula is C15H14BrN3. The van der Waals surface area contributed by atoms with Crippen molar-refractivity contribution >= 4 is 32.7 Å². The van der Waals surface area contributed by atoms with Crippen LogP contribution in [-0.2, 0) is 6.42 Å². The van der Waals surface area contributed by atoms with E-state index in [-0.39, 0.29) is 0 Å². The fourth-order valence-electron chi connectivity index (χ4n) is 2.13. The lowest BCUT2D eigenvalue weighted by Gasteiger charge is -2.01. The number of aromatic amines is 1. The van der Waals surface area contributed by atoms with Gasteiger partial charge < -0.3 is 10.7 Å². The minimum Gasteiger partial charge on any atom is -0.399 e. The van der Waals surface area contributed by atoms with Crippen molar-refractivity contribution in [1.29, 1.82) is 0 Å². The predicted molar refractivity (Wildman–Crippen MR) is 83.0 cm³/mol. The van der Waals surface area contributed by atoms with Crippen LogP contribution in [-0.4, -0.2) is 9.97 Å². The van der Waals surface area contributed by atoms with E-state index in [9.17, 15) is 0 Å². The third-order valence-electron chi connectivity index (χ3n) is 3.20. The van der Waals surface area contributed by atoms with Gasteiger partial charge in [0.15, 0.2) is 0 Å². The first-order valence-corrected chi connectivity index (χ1v) is 7.00. The summed E-state index contributed by atoms with van der Waals surface area (Å²) >= 11 is 3.54. The fraction of sp³-hybridized carbons (Fsp3) is 0.133. The second kappa shape index (κ2) is 4.70. The Morgan fingerprint density at radius 2 is 2.05 bits per heavy atom. The molecule has 3 nitrogen and oxygen atoms in total. The maximum Gasteiger partial charge on any atom is 0.139 e. The minimum absolute atomic E-state index is 0.730. The summed E-state index contributed by atoms with van der Waals surface area (Å²) in [5.74, 6) is 0.836. The van der Waals surface area contributed by atoms with E-state index in [1.54, 1.807) is 0 Å². The molecule has 0 unspecified atom stereocenters. The first kappa shape index (κ1) is 12.2. The number of nitrogen functional groups attached to an aromatic ring is 1. The molecule has 1 aromatic heterocycles. The van der Waals surface area contributed by atoms with Crippen molar-refractivity contribution in [2.45, 2.75) is 13.3 Å². The summed E-state index contributed by atoms with van der Waals surface area (Å²) in [5, 5.41) is 0. The first-order chi connectivity index (χ1) is 9.17. The van der Waals surface area contributed by atoms with Gasteiger partial charge in [0, 0.05) is 15.7 Å². The molecule has 0 spiro atoms. The molecule has 0 saturated carbocycles. The average molecular weight is 316 g/mol. The highest BCUT2D eigenvalue weighted by Gasteiger charge is 2.09. The number of benzene rings is 2. The fourth-order valence-corrected chi connectivity index (χ4v) is 2.56. The number of nitrogens with one attached hydrogen (secondary N) is 1. The molecule has 0 saturated heterocycles. The number of H-pyrrole nitrogens is 1. The summed E-state index contributed by atoms with van der Waals surface area (Å²) < 4.78 is 0.983. The molecule has 19 heavy (non-hydrogen) atoms. The van der Waals surface area contributed by atoms with Crippen molar-refractivity contribution in [1.82, 2.24) is 9.97 Å². The third kappa shape index (κ3) is 2.24. The van der Waals surface area contributed by atoms with Crippen molar-refractivity contribution in [2.24, 2.45) is 0 Å². The quantitative estimate of drug-likeness (QED) is 0.698. The summed E-state index contributed by atoms with van der Waals surface area (Å²) in [6.45, 7) is 2.15. The van der Waals surface area contributed by atoms with Gasteiger partial charge in [-0.25, -0.2) is 4.98 Å². The van der Waals surface area contributed by atoms with Crippen LogP contribution in [0.4, 0.5) is 5.69 Å². The number of nitrogens with two attached hydrogens (primary N) is 1. The monoisotopic (exact) mass is 315 g/mol. The Kier molecular flexibility index (Phi) is 3.03. The average Bonchev–Trinajstić information content (AvgIpc) is 2.83. The molecule has 0 amide bonds. The van der Waals surface area contributed by atoms with E-state index in [0.717, 1.165) is 39.0 Å². The molecule has 0 radical (unpaired) electrons. The summed E-state index contributed by atoms with van der Waals surface area (Å²) in [4.78, 5) is 7.98. The predicted octanol–water partition coefficient (Wildman–Crippen LogP) is 4.14. The van der Waals surface area contributed by atoms with Gasteiger partial charge in [-0.1, -0.05) is 28.9 Å². The van der Waals surface area contributed by atoms with Crippen LogP contribution in [0.2, 0.25) is 0 Å². The Bertz CT molecular complexity index is 746. The lowest BCUT2D eigenvalue weighted by Crippen LogP contribution is -1.88. The zero-order valence-electron chi connectivity index (χ0n) is 10.6. The Balaban J connectivity index is 2.17. The smallest absolute Gasteiger partial charge is 0.139 e. The number of nitrogens with zero attached hydrogens (tertiary/aromatic N) is 1. The standard InChI is InChI=1S/C15H14BrN3/c1-2-9-3-6-13-14(7-9)19-15(18-13)11-8-10(17)4-5-12(11)16/h3-8H,2,17H2,1H3,(H,18,19). The maximum absolute atomic E-state index is 5.84. The number of hydrogen-bond donors (Lipinski definition) is 2. The normalized spacial score (nSPS) is 11.1. The topological polar surface area (TPSA) is 54.7 Å². The van der Waals surface area contributed by atoms with Crippen molar-refractivity contribution in [3.63, 3.8) is 0 Å². The zero-order chi connectivity index (χ0) is 13.4. The molecule has 0 fully saturated rings. The van der Waals surface area contributed by atoms with Crippen LogP contribution in [0.15, 0.2) is 40.9 Å². The lowest BCUT2D eigenvalue weighted by atomic mass is 10.1. The van der Waals surface area contributed by atoms with E-state index in [4.69, 9.17) is 5.73 Å². The Hall–Kier alpha value is -1.81. The molecule has 0 aliphatic carbocycles. The number of hydrogen-bond acceptors (Lipinski definition) is 2. The molecule has 0 atom stereocenters. The zero-order valence-corrected chi connectivity index (χ0v) is 12.2. The molecule has 4 heteroatoms. The van der Waals surface area contributed by atoms with Gasteiger partial charge in [0.2, 0.25) is 0 Å². The van der Waals surface area contributed by atoms with Crippen LogP contribution in [0.5, 0.6) is 0 Å². The number of aryl methyl sites for hydroxylation is 1. The van der Waals surface area contributed by atoms with Gasteiger partial charge in [0.25, 0.3) is 0 Å². The van der Waals surface area contributed by atoms with Crippen molar-refractivity contribution in [2.75, 3.05) is 5.73 Å². The molecular weight excluding hydrogens is 302 g/mol. The van der Waals surface area contributed by atoms with Gasteiger partial charge in [0.1, 0.15) is 5.82 Å². The van der Waals surface area contributed by atoms with Gasteiger partial charge in [-0.2, -0.15) is 0 Å². The molecule has 1 heterocycles. The van der Waals surface area contributed by atoms with Crippen LogP contribution < -0.4 is 5.73 Å². The van der Waals surface area contributed by atoms with Crippen LogP contribution in [0.3, 0.4) is 0 Å². The molecule has 2 aromatic carbocycles. The largest absolute Gasteiger partial charge is 0.399 e. The number of imidazole rings is 1. The van der Waals surface area contributed by atoms with Crippen LogP contribution in [0, 0.1) is 0 Å². The number of fused-ring (bicyclic) bond motifs is 1. The summed E-state index contributed by atoms with van der Waals surface area (Å²) in [5.41, 5.74) is 10.9. The van der Waals surface area contributed by atoms with Gasteiger partial charge in [-0.3, -0.25) is 0 Å². The molecule has 3 N–H and O–H groups in total. The minimum atomic E-state index is 0.730. The highest BCUT2D eigenvalue weighted by molar-refractivity contribution is 9.10. The summed E-state index contributed by atoms with van der Waals surface area (Å²) in [7, 11) is 0. The second-order valence-corrected chi connectivity index (χ2v) is 5.38. The Labute approximate surface area is 120 Å². The van der Waals surface area contributed by atoms with E-state index < -0.39 is 0 Å². The van der Waals surface area contributed by atoms with Crippen LogP contribution in [0.1, 0.15) is 12.5 Å². The lowest BCUT2D eigenvalue weighted by molar-refractivity contribution is 1.14. The maximum atomic E-state index is 5.84. The molecule has 0 aliphatic rings. The van der Waals surface area contributed by atoms with E-state index in [0.29, 0.717) is 0 Å². The van der Waals surface area contributed by atoms with E-state index in [2.05, 4.69) is 45.0 Å². The highest BCUT2D eigenvalue weighted by atomic mass is 79.9. The number of anilines is 1. The number of aromatic nitrogens is 2. The molecule has 3 rings (SSSR count). The molecule has 3 aromatic rings. The third-order valence-corrected chi connectivity index (χ3v) is 3.89. The summed E-state index contributed by atoms with van der Waals surface area (Å²) in [6, 6.07) is 12.0. The first-order valence-electron chi connectivity index (χ1n) is 6.21. The van der Waals surface area contributed by atoms with Crippen LogP contribution in [0.25, 0.3) is 22.4 Å². The SMILES string of the molecule is CCc1ccc2nc(-c3cc(N)ccc3Br)[nH]c2c1. The van der Waals surface area contributed by atoms with Crippen LogP contribution >= 0.6 is 15.9 Å². The van der Waals surface area contributed by atoms with E-state index in [1.807, 2.05) is 24.3 Å². The van der Waals surface area contributed by atoms with Crippen molar-refractivity contribution in [3.05, 3.63) is 46.4 Å². The second-order valence-electron chi connectivity index (χ2n) is 4.53. The van der Waals surface area contributed by atoms with Crippen molar-refractivity contribution < 1.29 is 0 Å². The Morgan fingerprint density at radius 3 is 2.84 bits per heavy atom. The van der Waals surface area contributed by atoms with E-state index in [1.165, 1.54) is 5.56 Å². The molecule has 0 aliphatic heterocycles. The highest BCUT2D eigenvalue weighted by Crippen LogP contribution is 2.29. The van der Waals surface area contributed by atoms with Gasteiger partial charge in [-0.05, 0) is 42.3 Å². The van der Waals surface area contributed by atoms with Gasteiger partial charge in [-0.15, -0.1) is 0 Å². The number of rotatable bonds is 2. The van der Waals surface area contributed by atoms with Gasteiger partial charge in [0.05, 0.1) is 11.0 Å². The molecule has 0 bridgehead atoms. The van der Waals surface area contributed by atoms with E-state index >= 15 is 0 Å². The van der Waals surface area contributed by atoms with Gasteiger partial charge >= 0.3 is 0 Å². The summed E-state index contributed by atoms with van der Waals surface area (Å²) in [6.07, 6.45) is 1.02. The number of halogens is 1. The molecule has 96 valence electrons.